The molecular weight excluding hydrogens is 682 g/mol. The van der Waals surface area contributed by atoms with Crippen molar-refractivity contribution in [2.24, 2.45) is 32.9 Å². The van der Waals surface area contributed by atoms with E-state index in [1.54, 1.807) is 12.1 Å². The Kier molecular flexibility index (Phi) is 14.3. The number of nitrogens with zero attached hydrogens (tertiary/aromatic N) is 2. The van der Waals surface area contributed by atoms with E-state index in [9.17, 15) is 29.1 Å². The quantitative estimate of drug-likeness (QED) is 0.0585. The van der Waals surface area contributed by atoms with Crippen LogP contribution in [0.5, 0.6) is 5.75 Å². The fourth-order valence-electron chi connectivity index (χ4n) is 5.79. The fourth-order valence-corrected chi connectivity index (χ4v) is 5.79. The van der Waals surface area contributed by atoms with E-state index in [1.807, 2.05) is 42.5 Å². The van der Waals surface area contributed by atoms with E-state index in [0.717, 1.165) is 16.3 Å². The number of aromatic hydroxyl groups is 1. The first kappa shape index (κ1) is 39.4. The molecule has 1 saturated heterocycles. The number of phenols is 1. The molecule has 0 radical (unpaired) electrons. The van der Waals surface area contributed by atoms with E-state index in [0.29, 0.717) is 12.0 Å². The van der Waals surface area contributed by atoms with Crippen LogP contribution in [0.3, 0.4) is 0 Å². The van der Waals surface area contributed by atoms with Gasteiger partial charge in [-0.15, -0.1) is 0 Å². The minimum Gasteiger partial charge on any atom is -0.508 e. The number of fused-ring (bicyclic) bond motifs is 1. The maximum absolute atomic E-state index is 14.0. The summed E-state index contributed by atoms with van der Waals surface area (Å²) in [6.07, 6.45) is 0.795. The van der Waals surface area contributed by atoms with Gasteiger partial charge in [0, 0.05) is 25.9 Å². The third-order valence-corrected chi connectivity index (χ3v) is 8.49. The number of benzene rings is 3. The molecule has 1 aliphatic rings. The average Bonchev–Trinajstić information content (AvgIpc) is 3.12. The molecule has 1 heterocycles. The van der Waals surface area contributed by atoms with E-state index in [1.165, 1.54) is 12.1 Å². The highest BCUT2D eigenvalue weighted by molar-refractivity contribution is 5.97. The first-order valence-corrected chi connectivity index (χ1v) is 17.2. The number of hydrogen-bond acceptors (Lipinski definition) is 8. The summed E-state index contributed by atoms with van der Waals surface area (Å²) in [5, 5.41) is 25.1. The number of aliphatic imine (C=N–C) groups is 2. The van der Waals surface area contributed by atoms with Gasteiger partial charge in [-0.2, -0.15) is 0 Å². The van der Waals surface area contributed by atoms with Crippen LogP contribution in [0.15, 0.2) is 76.7 Å². The van der Waals surface area contributed by atoms with Crippen LogP contribution in [0.4, 0.5) is 0 Å². The van der Waals surface area contributed by atoms with Crippen molar-refractivity contribution in [3.8, 4) is 5.75 Å². The highest BCUT2D eigenvalue weighted by Gasteiger charge is 2.32. The maximum Gasteiger partial charge on any atom is 0.243 e. The normalized spacial score (nSPS) is 20.0. The molecule has 17 nitrogen and oxygen atoms in total. The van der Waals surface area contributed by atoms with Crippen LogP contribution in [-0.2, 0) is 36.8 Å². The van der Waals surface area contributed by atoms with Gasteiger partial charge in [0.1, 0.15) is 29.9 Å². The van der Waals surface area contributed by atoms with Crippen molar-refractivity contribution in [3.63, 3.8) is 0 Å². The number of carbonyl (C=O) groups is 5. The molecule has 0 aromatic heterocycles. The van der Waals surface area contributed by atoms with Crippen LogP contribution in [-0.4, -0.2) is 90.4 Å². The minimum absolute atomic E-state index is 0.00775. The molecule has 0 saturated carbocycles. The van der Waals surface area contributed by atoms with Crippen molar-refractivity contribution in [2.75, 3.05) is 19.6 Å². The molecular formula is C36H47N11O6. The zero-order valence-corrected chi connectivity index (χ0v) is 29.2. The molecule has 53 heavy (non-hydrogen) atoms. The molecule has 3 aromatic rings. The SMILES string of the molecule is NC(N)=NCCC[C@@H]1NC(=O)[C@@H](Cc2ccc(O)cc2)NC(=O)CNC(=O)[C@@H](CCCN=C(N)N)NC(=O)[C@@H](Cc2ccc3ccccc3c2)NC1=O. The molecule has 0 bridgehead atoms. The number of hydrogen-bond donors (Lipinski definition) is 10. The molecule has 1 aliphatic heterocycles. The number of phenolic OH excluding ortho intramolecular Hbond substituents is 1. The monoisotopic (exact) mass is 729 g/mol. The number of rotatable bonds is 12. The summed E-state index contributed by atoms with van der Waals surface area (Å²) >= 11 is 0. The number of nitrogens with one attached hydrogen (secondary N) is 5. The zero-order chi connectivity index (χ0) is 38.3. The Balaban J connectivity index is 1.69. The van der Waals surface area contributed by atoms with Gasteiger partial charge in [0.2, 0.25) is 29.5 Å². The molecule has 0 unspecified atom stereocenters. The Morgan fingerprint density at radius 2 is 1.09 bits per heavy atom. The summed E-state index contributed by atoms with van der Waals surface area (Å²) in [4.78, 5) is 76.4. The Bertz CT molecular complexity index is 1820. The second kappa shape index (κ2) is 19.3. The summed E-state index contributed by atoms with van der Waals surface area (Å²) < 4.78 is 0. The topological polar surface area (TPSA) is 295 Å². The summed E-state index contributed by atoms with van der Waals surface area (Å²) in [6.45, 7) is -0.182. The predicted octanol–water partition coefficient (Wildman–Crippen LogP) is -1.49. The van der Waals surface area contributed by atoms with Gasteiger partial charge in [-0.3, -0.25) is 34.0 Å². The summed E-state index contributed by atoms with van der Waals surface area (Å²) in [5.41, 5.74) is 23.2. The van der Waals surface area contributed by atoms with E-state index in [-0.39, 0.29) is 62.9 Å². The predicted molar refractivity (Wildman–Crippen MR) is 200 cm³/mol. The highest BCUT2D eigenvalue weighted by atomic mass is 16.3. The first-order valence-electron chi connectivity index (χ1n) is 17.2. The Hall–Kier alpha value is -6.39. The van der Waals surface area contributed by atoms with Gasteiger partial charge in [0.25, 0.3) is 0 Å². The molecule has 0 aliphatic carbocycles. The molecule has 4 rings (SSSR count). The van der Waals surface area contributed by atoms with Gasteiger partial charge in [-0.25, -0.2) is 0 Å². The molecule has 3 aromatic carbocycles. The second-order valence-corrected chi connectivity index (χ2v) is 12.7. The lowest BCUT2D eigenvalue weighted by atomic mass is 9.99. The van der Waals surface area contributed by atoms with Crippen LogP contribution >= 0.6 is 0 Å². The third-order valence-electron chi connectivity index (χ3n) is 8.49. The number of guanidine groups is 2. The molecule has 0 spiro atoms. The third kappa shape index (κ3) is 12.7. The van der Waals surface area contributed by atoms with Gasteiger partial charge < -0.3 is 54.6 Å². The Morgan fingerprint density at radius 3 is 1.70 bits per heavy atom. The van der Waals surface area contributed by atoms with E-state index < -0.39 is 60.2 Å². The molecule has 4 atom stereocenters. The number of carbonyl (C=O) groups excluding carboxylic acids is 5. The van der Waals surface area contributed by atoms with Crippen molar-refractivity contribution < 1.29 is 29.1 Å². The summed E-state index contributed by atoms with van der Waals surface area (Å²) in [7, 11) is 0. The van der Waals surface area contributed by atoms with Gasteiger partial charge in [0.15, 0.2) is 11.9 Å². The second-order valence-electron chi connectivity index (χ2n) is 12.7. The van der Waals surface area contributed by atoms with Crippen molar-refractivity contribution in [2.45, 2.75) is 62.7 Å². The number of amides is 5. The van der Waals surface area contributed by atoms with Gasteiger partial charge in [-0.1, -0.05) is 54.6 Å². The molecule has 282 valence electrons. The zero-order valence-electron chi connectivity index (χ0n) is 29.2. The fraction of sp³-hybridized carbons (Fsp3) is 0.361. The largest absolute Gasteiger partial charge is 0.508 e. The van der Waals surface area contributed by atoms with Crippen LogP contribution in [0.1, 0.15) is 36.8 Å². The lowest BCUT2D eigenvalue weighted by molar-refractivity contribution is -0.134. The lowest BCUT2D eigenvalue weighted by Gasteiger charge is -2.26. The van der Waals surface area contributed by atoms with Gasteiger partial charge in [-0.05, 0) is 59.7 Å². The van der Waals surface area contributed by atoms with Crippen LogP contribution in [0.2, 0.25) is 0 Å². The standard InChI is InChI=1S/C36H47N11O6/c37-35(38)41-15-3-7-26-31(50)43-20-30(49)44-28(18-21-10-13-25(48)14-11-21)33(52)46-27(8-4-16-42-36(39)40)32(51)47-29(34(53)45-26)19-22-9-12-23-5-1-2-6-24(23)17-22/h1-2,5-6,9-14,17,26-29,48H,3-4,7-8,15-16,18-20H2,(H,43,50)(H,44,49)(H,45,53)(H,46,52)(H,47,51)(H4,37,38,41)(H4,39,40,42)/t26-,27+,28-,29-/m1/s1. The van der Waals surface area contributed by atoms with Gasteiger partial charge >= 0.3 is 0 Å². The smallest absolute Gasteiger partial charge is 0.243 e. The maximum atomic E-state index is 14.0. The van der Waals surface area contributed by atoms with Crippen molar-refractivity contribution in [3.05, 3.63) is 77.9 Å². The van der Waals surface area contributed by atoms with Gasteiger partial charge in [0.05, 0.1) is 6.54 Å². The van der Waals surface area contributed by atoms with E-state index in [4.69, 9.17) is 22.9 Å². The van der Waals surface area contributed by atoms with Crippen molar-refractivity contribution in [1.29, 1.82) is 0 Å². The summed E-state index contributed by atoms with van der Waals surface area (Å²) in [6, 6.07) is 14.7. The molecule has 17 heteroatoms. The van der Waals surface area contributed by atoms with E-state index >= 15 is 0 Å². The van der Waals surface area contributed by atoms with E-state index in [2.05, 4.69) is 36.6 Å². The Labute approximate surface area is 306 Å². The van der Waals surface area contributed by atoms with Crippen molar-refractivity contribution in [1.82, 2.24) is 26.6 Å². The lowest BCUT2D eigenvalue weighted by Crippen LogP contribution is -2.58. The molecule has 1 fully saturated rings. The highest BCUT2D eigenvalue weighted by Crippen LogP contribution is 2.18. The summed E-state index contributed by atoms with van der Waals surface area (Å²) in [5.74, 6) is -3.65. The first-order chi connectivity index (χ1) is 25.4. The molecule has 14 N–H and O–H groups in total. The minimum atomic E-state index is -1.19. The Morgan fingerprint density at radius 1 is 0.604 bits per heavy atom. The molecule has 5 amide bonds. The van der Waals surface area contributed by atoms with Crippen LogP contribution in [0, 0.1) is 0 Å². The van der Waals surface area contributed by atoms with Crippen LogP contribution < -0.4 is 49.5 Å². The van der Waals surface area contributed by atoms with Crippen molar-refractivity contribution >= 4 is 52.2 Å². The number of nitrogens with two attached hydrogens (primary N) is 4. The van der Waals surface area contributed by atoms with Crippen LogP contribution in [0.25, 0.3) is 10.8 Å². The average molecular weight is 730 g/mol.